The SMILES string of the molecule is C=Cc1ccc(C)cc1C(=C)F. The van der Waals surface area contributed by atoms with Gasteiger partial charge in [0.05, 0.1) is 0 Å². The van der Waals surface area contributed by atoms with Crippen molar-refractivity contribution in [3.05, 3.63) is 48.0 Å². The van der Waals surface area contributed by atoms with E-state index in [9.17, 15) is 4.39 Å². The Hall–Kier alpha value is -1.37. The van der Waals surface area contributed by atoms with Gasteiger partial charge in [-0.3, -0.25) is 0 Å². The van der Waals surface area contributed by atoms with Gasteiger partial charge < -0.3 is 0 Å². The molecule has 0 amide bonds. The van der Waals surface area contributed by atoms with Gasteiger partial charge in [-0.05, 0) is 18.6 Å². The van der Waals surface area contributed by atoms with Crippen molar-refractivity contribution in [3.63, 3.8) is 0 Å². The average molecular weight is 162 g/mol. The van der Waals surface area contributed by atoms with E-state index < -0.39 is 5.83 Å². The monoisotopic (exact) mass is 162 g/mol. The zero-order chi connectivity index (χ0) is 9.14. The lowest BCUT2D eigenvalue weighted by Gasteiger charge is -2.03. The van der Waals surface area contributed by atoms with E-state index in [4.69, 9.17) is 0 Å². The Labute approximate surface area is 72.0 Å². The van der Waals surface area contributed by atoms with Gasteiger partial charge in [0.25, 0.3) is 0 Å². The molecule has 0 aromatic heterocycles. The smallest absolute Gasteiger partial charge is 0.123 e. The predicted molar refractivity (Wildman–Crippen MR) is 51.4 cm³/mol. The average Bonchev–Trinajstić information content (AvgIpc) is 2.04. The maximum atomic E-state index is 12.8. The molecule has 62 valence electrons. The van der Waals surface area contributed by atoms with Gasteiger partial charge in [-0.1, -0.05) is 36.9 Å². The van der Waals surface area contributed by atoms with Crippen LogP contribution in [0.4, 0.5) is 4.39 Å². The minimum Gasteiger partial charge on any atom is -0.207 e. The van der Waals surface area contributed by atoms with Crippen molar-refractivity contribution in [2.24, 2.45) is 0 Å². The predicted octanol–water partition coefficient (Wildman–Crippen LogP) is 3.58. The lowest BCUT2D eigenvalue weighted by atomic mass is 10.0. The molecule has 0 nitrogen and oxygen atoms in total. The van der Waals surface area contributed by atoms with Gasteiger partial charge >= 0.3 is 0 Å². The first-order valence-electron chi connectivity index (χ1n) is 3.73. The Morgan fingerprint density at radius 1 is 1.50 bits per heavy atom. The normalized spacial score (nSPS) is 9.50. The fourth-order valence-corrected chi connectivity index (χ4v) is 1.08. The third-order valence-corrected chi connectivity index (χ3v) is 1.72. The summed E-state index contributed by atoms with van der Waals surface area (Å²) in [7, 11) is 0. The number of aryl methyl sites for hydroxylation is 1. The topological polar surface area (TPSA) is 0 Å². The van der Waals surface area contributed by atoms with Crippen molar-refractivity contribution in [2.45, 2.75) is 6.92 Å². The lowest BCUT2D eigenvalue weighted by molar-refractivity contribution is 0.762. The molecule has 1 aromatic carbocycles. The van der Waals surface area contributed by atoms with Crippen molar-refractivity contribution in [1.82, 2.24) is 0 Å². The zero-order valence-electron chi connectivity index (χ0n) is 7.10. The van der Waals surface area contributed by atoms with Crippen molar-refractivity contribution in [3.8, 4) is 0 Å². The number of hydrogen-bond acceptors (Lipinski definition) is 0. The highest BCUT2D eigenvalue weighted by Gasteiger charge is 2.02. The van der Waals surface area contributed by atoms with Crippen LogP contribution in [-0.4, -0.2) is 0 Å². The van der Waals surface area contributed by atoms with Crippen LogP contribution in [0.15, 0.2) is 31.4 Å². The molecule has 12 heavy (non-hydrogen) atoms. The number of halogens is 1. The maximum absolute atomic E-state index is 12.8. The maximum Gasteiger partial charge on any atom is 0.123 e. The van der Waals surface area contributed by atoms with Crippen LogP contribution in [0.25, 0.3) is 11.9 Å². The molecule has 0 radical (unpaired) electrons. The summed E-state index contributed by atoms with van der Waals surface area (Å²) < 4.78 is 12.8. The van der Waals surface area contributed by atoms with E-state index in [-0.39, 0.29) is 0 Å². The minimum atomic E-state index is -0.409. The number of rotatable bonds is 2. The van der Waals surface area contributed by atoms with Crippen molar-refractivity contribution >= 4 is 11.9 Å². The van der Waals surface area contributed by atoms with E-state index in [0.29, 0.717) is 5.56 Å². The first kappa shape index (κ1) is 8.72. The standard InChI is InChI=1S/C11H11F/c1-4-10-6-5-8(2)7-11(10)9(3)12/h4-7H,1,3H2,2H3. The second kappa shape index (κ2) is 3.35. The molecule has 0 aliphatic rings. The second-order valence-electron chi connectivity index (χ2n) is 2.70. The van der Waals surface area contributed by atoms with Crippen LogP contribution in [0, 0.1) is 6.92 Å². The summed E-state index contributed by atoms with van der Waals surface area (Å²) in [5.74, 6) is -0.409. The van der Waals surface area contributed by atoms with E-state index in [2.05, 4.69) is 13.2 Å². The van der Waals surface area contributed by atoms with E-state index in [0.717, 1.165) is 11.1 Å². The highest BCUT2D eigenvalue weighted by molar-refractivity contribution is 5.69. The summed E-state index contributed by atoms with van der Waals surface area (Å²) >= 11 is 0. The first-order valence-corrected chi connectivity index (χ1v) is 3.73. The van der Waals surface area contributed by atoms with Gasteiger partial charge in [-0.15, -0.1) is 0 Å². The van der Waals surface area contributed by atoms with E-state index >= 15 is 0 Å². The molecule has 0 N–H and O–H groups in total. The Morgan fingerprint density at radius 2 is 2.17 bits per heavy atom. The molecule has 1 heteroatoms. The van der Waals surface area contributed by atoms with E-state index in [1.54, 1.807) is 12.1 Å². The van der Waals surface area contributed by atoms with E-state index in [1.165, 1.54) is 0 Å². The van der Waals surface area contributed by atoms with Gasteiger partial charge in [0, 0.05) is 5.56 Å². The Bertz CT molecular complexity index is 324. The third kappa shape index (κ3) is 1.62. The fourth-order valence-electron chi connectivity index (χ4n) is 1.08. The Balaban J connectivity index is 3.30. The quantitative estimate of drug-likeness (QED) is 0.623. The van der Waals surface area contributed by atoms with Crippen LogP contribution in [-0.2, 0) is 0 Å². The number of benzene rings is 1. The summed E-state index contributed by atoms with van der Waals surface area (Å²) in [6.07, 6.45) is 1.62. The molecule has 1 aromatic rings. The summed E-state index contributed by atoms with van der Waals surface area (Å²) in [6.45, 7) is 8.77. The summed E-state index contributed by atoms with van der Waals surface area (Å²) in [5, 5.41) is 0. The number of hydrogen-bond donors (Lipinski definition) is 0. The Morgan fingerprint density at radius 3 is 2.67 bits per heavy atom. The highest BCUT2D eigenvalue weighted by atomic mass is 19.1. The molecule has 0 atom stereocenters. The Kier molecular flexibility index (Phi) is 2.44. The first-order chi connectivity index (χ1) is 5.65. The molecule has 0 saturated carbocycles. The molecule has 0 unspecified atom stereocenters. The van der Waals surface area contributed by atoms with Crippen molar-refractivity contribution in [2.75, 3.05) is 0 Å². The molecule has 0 bridgehead atoms. The molecule has 0 saturated heterocycles. The largest absolute Gasteiger partial charge is 0.207 e. The molecular weight excluding hydrogens is 151 g/mol. The van der Waals surface area contributed by atoms with Crippen LogP contribution < -0.4 is 0 Å². The third-order valence-electron chi connectivity index (χ3n) is 1.72. The molecule has 1 rings (SSSR count). The van der Waals surface area contributed by atoms with Gasteiger partial charge in [0.1, 0.15) is 5.83 Å². The van der Waals surface area contributed by atoms with Crippen LogP contribution in [0.5, 0.6) is 0 Å². The molecule has 0 spiro atoms. The molecule has 0 aliphatic heterocycles. The van der Waals surface area contributed by atoms with Gasteiger partial charge in [-0.2, -0.15) is 0 Å². The summed E-state index contributed by atoms with van der Waals surface area (Å²) in [4.78, 5) is 0. The minimum absolute atomic E-state index is 0.409. The lowest BCUT2D eigenvalue weighted by Crippen LogP contribution is -1.84. The van der Waals surface area contributed by atoms with Crippen LogP contribution in [0.3, 0.4) is 0 Å². The van der Waals surface area contributed by atoms with Crippen molar-refractivity contribution < 1.29 is 4.39 Å². The summed E-state index contributed by atoms with van der Waals surface area (Å²) in [6, 6.07) is 5.52. The molecule has 0 fully saturated rings. The fraction of sp³-hybridized carbons (Fsp3) is 0.0909. The van der Waals surface area contributed by atoms with Crippen LogP contribution in [0.2, 0.25) is 0 Å². The van der Waals surface area contributed by atoms with Crippen LogP contribution >= 0.6 is 0 Å². The highest BCUT2D eigenvalue weighted by Crippen LogP contribution is 2.21. The molecular formula is C11H11F. The van der Waals surface area contributed by atoms with Crippen molar-refractivity contribution in [1.29, 1.82) is 0 Å². The second-order valence-corrected chi connectivity index (χ2v) is 2.70. The molecule has 0 heterocycles. The van der Waals surface area contributed by atoms with E-state index in [1.807, 2.05) is 19.1 Å². The van der Waals surface area contributed by atoms with Gasteiger partial charge in [0.15, 0.2) is 0 Å². The van der Waals surface area contributed by atoms with Gasteiger partial charge in [-0.25, -0.2) is 4.39 Å². The van der Waals surface area contributed by atoms with Crippen LogP contribution in [0.1, 0.15) is 16.7 Å². The summed E-state index contributed by atoms with van der Waals surface area (Å²) in [5.41, 5.74) is 2.34. The van der Waals surface area contributed by atoms with Gasteiger partial charge in [0.2, 0.25) is 0 Å². The molecule has 0 aliphatic carbocycles. The zero-order valence-corrected chi connectivity index (χ0v) is 7.10.